The molecule has 0 radical (unpaired) electrons. The molecule has 4 nitrogen and oxygen atoms in total. The molecule has 2 rings (SSSR count). The van der Waals surface area contributed by atoms with E-state index in [0.29, 0.717) is 0 Å². The second-order valence-corrected chi connectivity index (χ2v) is 6.51. The predicted octanol–water partition coefficient (Wildman–Crippen LogP) is 2.78. The second kappa shape index (κ2) is 5.55. The molecule has 2 heterocycles. The van der Waals surface area contributed by atoms with Gasteiger partial charge in [-0.15, -0.1) is 0 Å². The van der Waals surface area contributed by atoms with E-state index in [9.17, 15) is 0 Å². The number of aromatic nitrogens is 2. The van der Waals surface area contributed by atoms with Gasteiger partial charge < -0.3 is 10.1 Å². The van der Waals surface area contributed by atoms with Crippen molar-refractivity contribution < 1.29 is 4.74 Å². The van der Waals surface area contributed by atoms with Crippen LogP contribution in [0.1, 0.15) is 58.5 Å². The Morgan fingerprint density at radius 1 is 1.37 bits per heavy atom. The van der Waals surface area contributed by atoms with Crippen LogP contribution in [0.2, 0.25) is 0 Å². The molecule has 0 bridgehead atoms. The molecule has 1 saturated heterocycles. The molecule has 0 spiro atoms. The van der Waals surface area contributed by atoms with E-state index in [1.54, 1.807) is 0 Å². The average molecular weight is 263 g/mol. The van der Waals surface area contributed by atoms with Crippen molar-refractivity contribution in [3.63, 3.8) is 0 Å². The van der Waals surface area contributed by atoms with Crippen LogP contribution in [0.3, 0.4) is 0 Å². The van der Waals surface area contributed by atoms with Gasteiger partial charge in [-0.05, 0) is 53.0 Å². The first kappa shape index (κ1) is 14.4. The Kier molecular flexibility index (Phi) is 4.21. The van der Waals surface area contributed by atoms with Gasteiger partial charge in [0.1, 0.15) is 5.60 Å². The van der Waals surface area contributed by atoms with Gasteiger partial charge in [0.15, 0.2) is 5.82 Å². The predicted molar refractivity (Wildman–Crippen MR) is 75.8 cm³/mol. The van der Waals surface area contributed by atoms with Gasteiger partial charge in [-0.1, -0.05) is 0 Å². The van der Waals surface area contributed by atoms with Crippen molar-refractivity contribution in [2.24, 2.45) is 0 Å². The summed E-state index contributed by atoms with van der Waals surface area (Å²) in [4.78, 5) is 9.09. The van der Waals surface area contributed by atoms with Gasteiger partial charge >= 0.3 is 0 Å². The van der Waals surface area contributed by atoms with E-state index >= 15 is 0 Å². The lowest BCUT2D eigenvalue weighted by molar-refractivity contribution is -0.0761. The summed E-state index contributed by atoms with van der Waals surface area (Å²) in [6, 6.07) is 1.97. The van der Waals surface area contributed by atoms with E-state index in [1.165, 1.54) is 6.42 Å². The summed E-state index contributed by atoms with van der Waals surface area (Å²) in [6.45, 7) is 10.1. The van der Waals surface area contributed by atoms with Crippen molar-refractivity contribution >= 4 is 0 Å². The molecule has 1 aliphatic rings. The lowest BCUT2D eigenvalue weighted by Crippen LogP contribution is -2.36. The summed E-state index contributed by atoms with van der Waals surface area (Å²) in [5.41, 5.74) is 0.808. The van der Waals surface area contributed by atoms with Gasteiger partial charge in [-0.2, -0.15) is 0 Å². The van der Waals surface area contributed by atoms with Gasteiger partial charge in [0, 0.05) is 24.9 Å². The van der Waals surface area contributed by atoms with Gasteiger partial charge in [0.05, 0.1) is 5.69 Å². The normalized spacial score (nSPS) is 24.4. The Hall–Kier alpha value is -1.00. The Morgan fingerprint density at radius 3 is 2.79 bits per heavy atom. The molecule has 0 aliphatic carbocycles. The highest BCUT2D eigenvalue weighted by molar-refractivity contribution is 5.08. The molecule has 1 fully saturated rings. The maximum atomic E-state index is 5.91. The van der Waals surface area contributed by atoms with Crippen LogP contribution < -0.4 is 5.32 Å². The maximum Gasteiger partial charge on any atom is 0.160 e. The summed E-state index contributed by atoms with van der Waals surface area (Å²) in [5.74, 6) is 0.820. The molecule has 1 N–H and O–H groups in total. The zero-order valence-electron chi connectivity index (χ0n) is 12.5. The van der Waals surface area contributed by atoms with Crippen LogP contribution in [0.5, 0.6) is 0 Å². The Morgan fingerprint density at radius 2 is 2.16 bits per heavy atom. The van der Waals surface area contributed by atoms with Crippen molar-refractivity contribution in [1.29, 1.82) is 0 Å². The first-order chi connectivity index (χ1) is 8.89. The number of hydrogen-bond acceptors (Lipinski definition) is 4. The zero-order chi connectivity index (χ0) is 13.9. The highest BCUT2D eigenvalue weighted by Crippen LogP contribution is 2.32. The van der Waals surface area contributed by atoms with E-state index in [1.807, 2.05) is 12.3 Å². The lowest BCUT2D eigenvalue weighted by atomic mass is 9.95. The second-order valence-electron chi connectivity index (χ2n) is 6.51. The van der Waals surface area contributed by atoms with Crippen LogP contribution in [0, 0.1) is 0 Å². The van der Waals surface area contributed by atoms with Gasteiger partial charge in [-0.3, -0.25) is 0 Å². The third-order valence-electron chi connectivity index (χ3n) is 3.45. The molecular weight excluding hydrogens is 238 g/mol. The first-order valence-corrected chi connectivity index (χ1v) is 7.10. The highest BCUT2D eigenvalue weighted by atomic mass is 16.5. The number of nitrogens with one attached hydrogen (secondary N) is 1. The van der Waals surface area contributed by atoms with E-state index in [2.05, 4.69) is 43.0 Å². The minimum Gasteiger partial charge on any atom is -0.367 e. The fourth-order valence-corrected chi connectivity index (χ4v) is 2.22. The topological polar surface area (TPSA) is 47.0 Å². The number of rotatable bonds is 3. The molecule has 0 saturated carbocycles. The smallest absolute Gasteiger partial charge is 0.160 e. The molecular formula is C15H25N3O. The summed E-state index contributed by atoms with van der Waals surface area (Å²) in [5, 5.41) is 3.45. The standard InChI is InChI=1S/C15H25N3O/c1-14(2,3)17-11-12-7-9-16-13(18-12)15(4)8-5-6-10-19-15/h7,9,17H,5-6,8,10-11H2,1-4H3. The molecule has 1 atom stereocenters. The van der Waals surface area contributed by atoms with Gasteiger partial charge in [0.25, 0.3) is 0 Å². The molecule has 4 heteroatoms. The third kappa shape index (κ3) is 3.98. The zero-order valence-corrected chi connectivity index (χ0v) is 12.5. The van der Waals surface area contributed by atoms with Crippen molar-refractivity contribution in [2.75, 3.05) is 6.61 Å². The third-order valence-corrected chi connectivity index (χ3v) is 3.45. The quantitative estimate of drug-likeness (QED) is 0.911. The van der Waals surface area contributed by atoms with Gasteiger partial charge in [0.2, 0.25) is 0 Å². The van der Waals surface area contributed by atoms with Crippen LogP contribution in [0.15, 0.2) is 12.3 Å². The van der Waals surface area contributed by atoms with Crippen molar-refractivity contribution in [3.05, 3.63) is 23.8 Å². The molecule has 0 aromatic carbocycles. The lowest BCUT2D eigenvalue weighted by Gasteiger charge is -2.32. The fraction of sp³-hybridized carbons (Fsp3) is 0.733. The Labute approximate surface area is 116 Å². The summed E-state index contributed by atoms with van der Waals surface area (Å²) in [7, 11) is 0. The van der Waals surface area contributed by atoms with E-state index in [-0.39, 0.29) is 11.1 Å². The molecule has 0 amide bonds. The molecule has 19 heavy (non-hydrogen) atoms. The number of ether oxygens (including phenoxy) is 1. The van der Waals surface area contributed by atoms with E-state index < -0.39 is 0 Å². The first-order valence-electron chi connectivity index (χ1n) is 7.10. The minimum absolute atomic E-state index is 0.0936. The van der Waals surface area contributed by atoms with Crippen LogP contribution in [-0.4, -0.2) is 22.1 Å². The number of hydrogen-bond donors (Lipinski definition) is 1. The minimum atomic E-state index is -0.310. The average Bonchev–Trinajstić information content (AvgIpc) is 2.37. The van der Waals surface area contributed by atoms with Crippen LogP contribution in [0.4, 0.5) is 0 Å². The Bertz CT molecular complexity index is 420. The van der Waals surface area contributed by atoms with Crippen LogP contribution in [-0.2, 0) is 16.9 Å². The van der Waals surface area contributed by atoms with Crippen LogP contribution >= 0.6 is 0 Å². The SMILES string of the molecule is CC(C)(C)NCc1ccnc(C2(C)CCCCO2)n1. The summed E-state index contributed by atoms with van der Waals surface area (Å²) >= 11 is 0. The monoisotopic (exact) mass is 263 g/mol. The molecule has 106 valence electrons. The molecule has 1 unspecified atom stereocenters. The highest BCUT2D eigenvalue weighted by Gasteiger charge is 2.32. The van der Waals surface area contributed by atoms with Gasteiger partial charge in [-0.25, -0.2) is 9.97 Å². The molecule has 1 aromatic rings. The number of nitrogens with zero attached hydrogens (tertiary/aromatic N) is 2. The van der Waals surface area contributed by atoms with Crippen LogP contribution in [0.25, 0.3) is 0 Å². The molecule has 1 aromatic heterocycles. The largest absolute Gasteiger partial charge is 0.367 e. The van der Waals surface area contributed by atoms with Crippen molar-refractivity contribution in [3.8, 4) is 0 Å². The maximum absolute atomic E-state index is 5.91. The van der Waals surface area contributed by atoms with Crippen molar-refractivity contribution in [2.45, 2.75) is 64.6 Å². The van der Waals surface area contributed by atoms with Crippen molar-refractivity contribution in [1.82, 2.24) is 15.3 Å². The fourth-order valence-electron chi connectivity index (χ4n) is 2.22. The van der Waals surface area contributed by atoms with E-state index in [4.69, 9.17) is 4.74 Å². The summed E-state index contributed by atoms with van der Waals surface area (Å²) in [6.07, 6.45) is 5.17. The van der Waals surface area contributed by atoms with E-state index in [0.717, 1.165) is 37.5 Å². The Balaban J connectivity index is 2.10. The summed E-state index contributed by atoms with van der Waals surface area (Å²) < 4.78 is 5.91. The molecule has 1 aliphatic heterocycles.